The molecule has 1 aliphatic rings. The van der Waals surface area contributed by atoms with E-state index in [9.17, 15) is 4.79 Å². The highest BCUT2D eigenvalue weighted by Gasteiger charge is 2.27. The van der Waals surface area contributed by atoms with Gasteiger partial charge in [0.05, 0.1) is 0 Å². The zero-order chi connectivity index (χ0) is 24.6. The van der Waals surface area contributed by atoms with Gasteiger partial charge in [0.1, 0.15) is 0 Å². The Bertz CT molecular complexity index is 1110. The second-order valence-corrected chi connectivity index (χ2v) is 9.25. The van der Waals surface area contributed by atoms with Crippen LogP contribution >= 0.6 is 0 Å². The lowest BCUT2D eigenvalue weighted by atomic mass is 9.85. The van der Waals surface area contributed by atoms with Crippen molar-refractivity contribution in [3.63, 3.8) is 0 Å². The van der Waals surface area contributed by atoms with Crippen LogP contribution in [0.5, 0.6) is 0 Å². The first-order chi connectivity index (χ1) is 17.0. The van der Waals surface area contributed by atoms with Crippen molar-refractivity contribution in [2.24, 2.45) is 5.92 Å². The van der Waals surface area contributed by atoms with Gasteiger partial charge in [0.25, 0.3) is 0 Å². The van der Waals surface area contributed by atoms with Crippen LogP contribution in [0.2, 0.25) is 0 Å². The lowest BCUT2D eigenvalue weighted by molar-refractivity contribution is -0.120. The van der Waals surface area contributed by atoms with E-state index in [0.717, 1.165) is 43.5 Å². The van der Waals surface area contributed by atoms with Gasteiger partial charge in [-0.2, -0.15) is 15.0 Å². The molecule has 184 valence electrons. The number of hydrogen-bond donors (Lipinski definition) is 4. The van der Waals surface area contributed by atoms with E-state index in [-0.39, 0.29) is 17.9 Å². The van der Waals surface area contributed by atoms with Crippen LogP contribution in [0, 0.1) is 12.8 Å². The van der Waals surface area contributed by atoms with E-state index >= 15 is 0 Å². The van der Waals surface area contributed by atoms with Gasteiger partial charge in [-0.05, 0) is 55.7 Å². The third kappa shape index (κ3) is 6.68. The summed E-state index contributed by atoms with van der Waals surface area (Å²) in [5.41, 5.74) is 3.24. The molecule has 0 aliphatic heterocycles. The highest BCUT2D eigenvalue weighted by molar-refractivity contribution is 5.93. The summed E-state index contributed by atoms with van der Waals surface area (Å²) in [6.45, 7) is 4.91. The maximum atomic E-state index is 12.8. The Morgan fingerprint density at radius 2 is 1.57 bits per heavy atom. The number of aromatic nitrogens is 3. The minimum atomic E-state index is 0.0237. The molecule has 2 aromatic carbocycles. The number of anilines is 4. The monoisotopic (exact) mass is 473 g/mol. The lowest BCUT2D eigenvalue weighted by Crippen LogP contribution is -2.32. The summed E-state index contributed by atoms with van der Waals surface area (Å²) < 4.78 is 0. The number of hydrogen-bond acceptors (Lipinski definition) is 7. The van der Waals surface area contributed by atoms with E-state index < -0.39 is 0 Å². The molecule has 35 heavy (non-hydrogen) atoms. The minimum absolute atomic E-state index is 0.0237. The molecule has 1 amide bonds. The highest BCUT2D eigenvalue weighted by atomic mass is 16.1. The topological polar surface area (TPSA) is 104 Å². The number of amides is 1. The van der Waals surface area contributed by atoms with Crippen molar-refractivity contribution in [3.8, 4) is 0 Å². The van der Waals surface area contributed by atoms with Crippen molar-refractivity contribution < 1.29 is 4.79 Å². The first-order valence-corrected chi connectivity index (χ1v) is 12.4. The summed E-state index contributed by atoms with van der Waals surface area (Å²) in [5, 5.41) is 12.9. The Labute approximate surface area is 207 Å². The number of carbonyl (C=O) groups excluding carboxylic acids is 1. The minimum Gasteiger partial charge on any atom is -0.357 e. The molecule has 0 radical (unpaired) electrons. The Balaban J connectivity index is 1.31. The average Bonchev–Trinajstić information content (AvgIpc) is 2.89. The van der Waals surface area contributed by atoms with Crippen molar-refractivity contribution in [2.75, 3.05) is 34.9 Å². The van der Waals surface area contributed by atoms with Gasteiger partial charge in [-0.3, -0.25) is 4.79 Å². The molecule has 1 saturated carbocycles. The number of nitrogens with one attached hydrogen (secondary N) is 4. The second kappa shape index (κ2) is 11.6. The van der Waals surface area contributed by atoms with Gasteiger partial charge in [-0.1, -0.05) is 55.5 Å². The zero-order valence-corrected chi connectivity index (χ0v) is 20.7. The highest BCUT2D eigenvalue weighted by Crippen LogP contribution is 2.28. The Morgan fingerprint density at radius 3 is 2.29 bits per heavy atom. The fourth-order valence-corrected chi connectivity index (χ4v) is 4.41. The molecule has 1 aromatic heterocycles. The number of rotatable bonds is 9. The summed E-state index contributed by atoms with van der Waals surface area (Å²) >= 11 is 0. The number of aryl methyl sites for hydroxylation is 1. The van der Waals surface area contributed by atoms with Crippen molar-refractivity contribution in [1.82, 2.24) is 15.0 Å². The molecule has 4 rings (SSSR count). The van der Waals surface area contributed by atoms with Gasteiger partial charge in [-0.15, -0.1) is 0 Å². The van der Waals surface area contributed by atoms with E-state index in [1.165, 1.54) is 5.56 Å². The number of para-hydroxylation sites is 1. The van der Waals surface area contributed by atoms with E-state index in [4.69, 9.17) is 0 Å². The van der Waals surface area contributed by atoms with Crippen LogP contribution in [0.1, 0.15) is 49.7 Å². The van der Waals surface area contributed by atoms with Crippen molar-refractivity contribution in [3.05, 3.63) is 65.7 Å². The predicted molar refractivity (Wildman–Crippen MR) is 142 cm³/mol. The fraction of sp³-hybridized carbons (Fsp3) is 0.407. The third-order valence-electron chi connectivity index (χ3n) is 6.63. The average molecular weight is 474 g/mol. The molecule has 8 nitrogen and oxygen atoms in total. The SMILES string of the molecule is CNc1nc(NC[C@H](C)c2ccccc2)nc(N[C@H]2CC[C@H](C(=O)Nc3ccccc3C)CC2)n1. The summed E-state index contributed by atoms with van der Waals surface area (Å²) in [5.74, 6) is 2.06. The van der Waals surface area contributed by atoms with Crippen LogP contribution in [0.25, 0.3) is 0 Å². The molecule has 0 bridgehead atoms. The van der Waals surface area contributed by atoms with Crippen molar-refractivity contribution in [2.45, 2.75) is 51.5 Å². The molecular weight excluding hydrogens is 438 g/mol. The van der Waals surface area contributed by atoms with E-state index in [1.54, 1.807) is 7.05 Å². The molecule has 1 aliphatic carbocycles. The van der Waals surface area contributed by atoms with Gasteiger partial charge in [0, 0.05) is 31.2 Å². The van der Waals surface area contributed by atoms with Gasteiger partial charge in [0.15, 0.2) is 0 Å². The van der Waals surface area contributed by atoms with Crippen LogP contribution in [0.15, 0.2) is 54.6 Å². The molecule has 3 aromatic rings. The van der Waals surface area contributed by atoms with E-state index in [2.05, 4.69) is 67.4 Å². The van der Waals surface area contributed by atoms with Crippen molar-refractivity contribution in [1.29, 1.82) is 0 Å². The van der Waals surface area contributed by atoms with Crippen LogP contribution in [0.3, 0.4) is 0 Å². The molecule has 8 heteroatoms. The molecular formula is C27H35N7O. The standard InChI is InChI=1S/C27H35N7O/c1-18-9-7-8-12-23(18)31-24(35)21-13-15-22(16-14-21)30-27-33-25(28-3)32-26(34-27)29-17-19(2)20-10-5-4-6-11-20/h4-12,19,21-22H,13-17H2,1-3H3,(H,31,35)(H3,28,29,30,32,33,34)/t19-,21-,22-/m0/s1. The first kappa shape index (κ1) is 24.4. The lowest BCUT2D eigenvalue weighted by Gasteiger charge is -2.28. The van der Waals surface area contributed by atoms with E-state index in [0.29, 0.717) is 23.8 Å². The molecule has 0 unspecified atom stereocenters. The van der Waals surface area contributed by atoms with Crippen LogP contribution in [-0.4, -0.2) is 40.5 Å². The molecule has 4 N–H and O–H groups in total. The smallest absolute Gasteiger partial charge is 0.229 e. The number of benzene rings is 2. The van der Waals surface area contributed by atoms with Gasteiger partial charge in [-0.25, -0.2) is 0 Å². The van der Waals surface area contributed by atoms with Crippen LogP contribution in [0.4, 0.5) is 23.5 Å². The molecule has 0 spiro atoms. The normalized spacial score (nSPS) is 18.4. The van der Waals surface area contributed by atoms with Gasteiger partial charge < -0.3 is 21.3 Å². The summed E-state index contributed by atoms with van der Waals surface area (Å²) in [7, 11) is 1.80. The number of carbonyl (C=O) groups is 1. The third-order valence-corrected chi connectivity index (χ3v) is 6.63. The van der Waals surface area contributed by atoms with E-state index in [1.807, 2.05) is 37.3 Å². The summed E-state index contributed by atoms with van der Waals surface area (Å²) in [4.78, 5) is 26.3. The summed E-state index contributed by atoms with van der Waals surface area (Å²) in [6, 6.07) is 18.5. The maximum absolute atomic E-state index is 12.8. The number of nitrogens with zero attached hydrogens (tertiary/aromatic N) is 3. The molecule has 1 heterocycles. The zero-order valence-electron chi connectivity index (χ0n) is 20.7. The van der Waals surface area contributed by atoms with Crippen LogP contribution < -0.4 is 21.3 Å². The Hall–Kier alpha value is -3.68. The predicted octanol–water partition coefficient (Wildman–Crippen LogP) is 5.05. The van der Waals surface area contributed by atoms with Gasteiger partial charge in [0.2, 0.25) is 23.8 Å². The second-order valence-electron chi connectivity index (χ2n) is 9.25. The van der Waals surface area contributed by atoms with Crippen molar-refractivity contribution >= 4 is 29.4 Å². The Kier molecular flexibility index (Phi) is 8.13. The Morgan fingerprint density at radius 1 is 0.914 bits per heavy atom. The van der Waals surface area contributed by atoms with Crippen LogP contribution in [-0.2, 0) is 4.79 Å². The molecule has 1 atom stereocenters. The maximum Gasteiger partial charge on any atom is 0.229 e. The fourth-order valence-electron chi connectivity index (χ4n) is 4.41. The molecule has 0 saturated heterocycles. The summed E-state index contributed by atoms with van der Waals surface area (Å²) in [6.07, 6.45) is 3.44. The molecule has 1 fully saturated rings. The quantitative estimate of drug-likeness (QED) is 0.345. The van der Waals surface area contributed by atoms with Gasteiger partial charge >= 0.3 is 0 Å². The largest absolute Gasteiger partial charge is 0.357 e. The first-order valence-electron chi connectivity index (χ1n) is 12.4.